The minimum atomic E-state index is -0.898. The molecular formula is C11H15ClN2O2. The SMILES string of the molecule is CC(Nc1cc(Cl)ccc1N(C)C)C(=O)O. The molecule has 0 saturated carbocycles. The van der Waals surface area contributed by atoms with Gasteiger partial charge in [-0.25, -0.2) is 0 Å². The third-order valence-corrected chi connectivity index (χ3v) is 2.42. The van der Waals surface area contributed by atoms with Crippen molar-refractivity contribution in [2.75, 3.05) is 24.3 Å². The van der Waals surface area contributed by atoms with E-state index in [9.17, 15) is 4.79 Å². The van der Waals surface area contributed by atoms with Gasteiger partial charge in [0.05, 0.1) is 11.4 Å². The van der Waals surface area contributed by atoms with E-state index in [2.05, 4.69) is 5.32 Å². The minimum Gasteiger partial charge on any atom is -0.480 e. The number of hydrogen-bond donors (Lipinski definition) is 2. The molecule has 16 heavy (non-hydrogen) atoms. The topological polar surface area (TPSA) is 52.6 Å². The van der Waals surface area contributed by atoms with Crippen molar-refractivity contribution in [1.82, 2.24) is 0 Å². The summed E-state index contributed by atoms with van der Waals surface area (Å²) in [6.07, 6.45) is 0. The van der Waals surface area contributed by atoms with Crippen molar-refractivity contribution < 1.29 is 9.90 Å². The zero-order valence-corrected chi connectivity index (χ0v) is 10.2. The van der Waals surface area contributed by atoms with Crippen molar-refractivity contribution >= 4 is 28.9 Å². The van der Waals surface area contributed by atoms with Crippen molar-refractivity contribution in [3.05, 3.63) is 23.2 Å². The molecule has 1 aromatic carbocycles. The third-order valence-electron chi connectivity index (χ3n) is 2.18. The van der Waals surface area contributed by atoms with Crippen molar-refractivity contribution in [2.24, 2.45) is 0 Å². The Bertz CT molecular complexity index is 394. The van der Waals surface area contributed by atoms with Gasteiger partial charge in [0, 0.05) is 19.1 Å². The predicted molar refractivity (Wildman–Crippen MR) is 66.5 cm³/mol. The van der Waals surface area contributed by atoms with Gasteiger partial charge in [-0.15, -0.1) is 0 Å². The molecule has 0 radical (unpaired) electrons. The van der Waals surface area contributed by atoms with Gasteiger partial charge >= 0.3 is 5.97 Å². The number of nitrogens with one attached hydrogen (secondary N) is 1. The Morgan fingerprint density at radius 2 is 2.12 bits per heavy atom. The molecule has 1 aromatic rings. The summed E-state index contributed by atoms with van der Waals surface area (Å²) in [7, 11) is 3.78. The number of anilines is 2. The molecule has 88 valence electrons. The van der Waals surface area contributed by atoms with Crippen molar-refractivity contribution in [2.45, 2.75) is 13.0 Å². The van der Waals surface area contributed by atoms with E-state index in [1.165, 1.54) is 0 Å². The molecule has 0 fully saturated rings. The highest BCUT2D eigenvalue weighted by atomic mass is 35.5. The Balaban J connectivity index is 3.01. The second kappa shape index (κ2) is 5.07. The van der Waals surface area contributed by atoms with Crippen LogP contribution in [0.1, 0.15) is 6.92 Å². The lowest BCUT2D eigenvalue weighted by Gasteiger charge is -2.20. The van der Waals surface area contributed by atoms with Crippen LogP contribution in [-0.2, 0) is 4.79 Å². The zero-order chi connectivity index (χ0) is 12.3. The van der Waals surface area contributed by atoms with Crippen LogP contribution in [0.15, 0.2) is 18.2 Å². The molecule has 1 unspecified atom stereocenters. The van der Waals surface area contributed by atoms with E-state index < -0.39 is 12.0 Å². The number of nitrogens with zero attached hydrogens (tertiary/aromatic N) is 1. The normalized spacial score (nSPS) is 12.0. The molecule has 0 heterocycles. The number of carboxylic acids is 1. The summed E-state index contributed by atoms with van der Waals surface area (Å²) in [6, 6.07) is 4.68. The average molecular weight is 243 g/mol. The van der Waals surface area contributed by atoms with Crippen molar-refractivity contribution in [1.29, 1.82) is 0 Å². The zero-order valence-electron chi connectivity index (χ0n) is 9.49. The third kappa shape index (κ3) is 3.03. The summed E-state index contributed by atoms with van der Waals surface area (Å²) in [5.74, 6) is -0.898. The highest BCUT2D eigenvalue weighted by molar-refractivity contribution is 6.31. The number of carboxylic acid groups (broad SMARTS) is 1. The van der Waals surface area contributed by atoms with E-state index in [1.807, 2.05) is 25.1 Å². The van der Waals surface area contributed by atoms with Crippen LogP contribution in [0.5, 0.6) is 0 Å². The van der Waals surface area contributed by atoms with Gasteiger partial charge in [0.25, 0.3) is 0 Å². The fraction of sp³-hybridized carbons (Fsp3) is 0.364. The Kier molecular flexibility index (Phi) is 4.01. The molecule has 1 rings (SSSR count). The molecule has 0 aliphatic carbocycles. The molecule has 0 aliphatic heterocycles. The van der Waals surface area contributed by atoms with E-state index >= 15 is 0 Å². The maximum Gasteiger partial charge on any atom is 0.325 e. The Morgan fingerprint density at radius 1 is 1.50 bits per heavy atom. The molecule has 1 atom stereocenters. The number of aliphatic carboxylic acids is 1. The molecule has 4 nitrogen and oxygen atoms in total. The monoisotopic (exact) mass is 242 g/mol. The molecule has 0 aromatic heterocycles. The lowest BCUT2D eigenvalue weighted by atomic mass is 10.2. The van der Waals surface area contributed by atoms with Gasteiger partial charge in [-0.2, -0.15) is 0 Å². The highest BCUT2D eigenvalue weighted by Crippen LogP contribution is 2.28. The smallest absolute Gasteiger partial charge is 0.325 e. The number of carbonyl (C=O) groups is 1. The van der Waals surface area contributed by atoms with Crippen LogP contribution in [0.2, 0.25) is 5.02 Å². The van der Waals surface area contributed by atoms with Gasteiger partial charge in [-0.3, -0.25) is 4.79 Å². The van der Waals surface area contributed by atoms with Crippen molar-refractivity contribution in [3.8, 4) is 0 Å². The maximum absolute atomic E-state index is 10.8. The van der Waals surface area contributed by atoms with Gasteiger partial charge in [-0.05, 0) is 25.1 Å². The lowest BCUT2D eigenvalue weighted by molar-refractivity contribution is -0.137. The van der Waals surface area contributed by atoms with E-state index in [0.717, 1.165) is 5.69 Å². The highest BCUT2D eigenvalue weighted by Gasteiger charge is 2.13. The first-order chi connectivity index (χ1) is 7.41. The van der Waals surface area contributed by atoms with Gasteiger partial charge in [0.15, 0.2) is 0 Å². The second-order valence-corrected chi connectivity index (χ2v) is 4.20. The van der Waals surface area contributed by atoms with Gasteiger partial charge in [-0.1, -0.05) is 11.6 Å². The fourth-order valence-electron chi connectivity index (χ4n) is 1.31. The molecule has 0 spiro atoms. The summed E-state index contributed by atoms with van der Waals surface area (Å²) in [5.41, 5.74) is 1.62. The predicted octanol–water partition coefficient (Wildman–Crippen LogP) is 2.29. The standard InChI is InChI=1S/C11H15ClN2O2/c1-7(11(15)16)13-9-6-8(12)4-5-10(9)14(2)3/h4-7,13H,1-3H3,(H,15,16). The van der Waals surface area contributed by atoms with Crippen LogP contribution in [0.4, 0.5) is 11.4 Å². The maximum atomic E-state index is 10.8. The van der Waals surface area contributed by atoms with Crippen LogP contribution >= 0.6 is 11.6 Å². The Morgan fingerprint density at radius 3 is 2.62 bits per heavy atom. The first-order valence-electron chi connectivity index (χ1n) is 4.88. The van der Waals surface area contributed by atoms with E-state index in [4.69, 9.17) is 16.7 Å². The quantitative estimate of drug-likeness (QED) is 0.851. The number of rotatable bonds is 4. The van der Waals surface area contributed by atoms with Crippen LogP contribution < -0.4 is 10.2 Å². The fourth-order valence-corrected chi connectivity index (χ4v) is 1.48. The Hall–Kier alpha value is -1.42. The Labute approximate surface area is 99.8 Å². The molecule has 0 aliphatic rings. The number of benzene rings is 1. The molecule has 0 amide bonds. The van der Waals surface area contributed by atoms with Crippen molar-refractivity contribution in [3.63, 3.8) is 0 Å². The molecular weight excluding hydrogens is 228 g/mol. The van der Waals surface area contributed by atoms with Crippen LogP contribution in [-0.4, -0.2) is 31.2 Å². The summed E-state index contributed by atoms with van der Waals surface area (Å²) in [6.45, 7) is 1.59. The summed E-state index contributed by atoms with van der Waals surface area (Å²) in [4.78, 5) is 12.7. The van der Waals surface area contributed by atoms with Crippen LogP contribution in [0.25, 0.3) is 0 Å². The number of hydrogen-bond acceptors (Lipinski definition) is 3. The lowest BCUT2D eigenvalue weighted by Crippen LogP contribution is -2.26. The van der Waals surface area contributed by atoms with Gasteiger partial charge in [0.2, 0.25) is 0 Å². The summed E-state index contributed by atoms with van der Waals surface area (Å²) >= 11 is 5.88. The first kappa shape index (κ1) is 12.6. The van der Waals surface area contributed by atoms with Gasteiger partial charge < -0.3 is 15.3 Å². The van der Waals surface area contributed by atoms with E-state index in [-0.39, 0.29) is 0 Å². The van der Waals surface area contributed by atoms with Gasteiger partial charge in [0.1, 0.15) is 6.04 Å². The van der Waals surface area contributed by atoms with Crippen LogP contribution in [0.3, 0.4) is 0 Å². The number of halogens is 1. The molecule has 0 saturated heterocycles. The minimum absolute atomic E-state index is 0.575. The second-order valence-electron chi connectivity index (χ2n) is 3.76. The van der Waals surface area contributed by atoms with E-state index in [1.54, 1.807) is 19.1 Å². The molecule has 5 heteroatoms. The molecule has 2 N–H and O–H groups in total. The first-order valence-corrected chi connectivity index (χ1v) is 5.26. The van der Waals surface area contributed by atoms with E-state index in [0.29, 0.717) is 10.7 Å². The molecule has 0 bridgehead atoms. The summed E-state index contributed by atoms with van der Waals surface area (Å²) < 4.78 is 0. The summed E-state index contributed by atoms with van der Waals surface area (Å²) in [5, 5.41) is 12.3. The largest absolute Gasteiger partial charge is 0.480 e. The average Bonchev–Trinajstić information content (AvgIpc) is 2.16. The van der Waals surface area contributed by atoms with Crippen LogP contribution in [0, 0.1) is 0 Å².